The molecular formula is C25H23ClN2O3. The summed E-state index contributed by atoms with van der Waals surface area (Å²) in [6, 6.07) is 22.6. The zero-order chi connectivity index (χ0) is 21.6. The van der Waals surface area contributed by atoms with Crippen LogP contribution in [0.3, 0.4) is 0 Å². The van der Waals surface area contributed by atoms with Crippen molar-refractivity contribution >= 4 is 34.2 Å². The molecule has 3 aromatic carbocycles. The van der Waals surface area contributed by atoms with E-state index in [-0.39, 0.29) is 18.4 Å². The molecule has 1 aliphatic heterocycles. The molecule has 0 aliphatic carbocycles. The van der Waals surface area contributed by atoms with Gasteiger partial charge in [0, 0.05) is 25.0 Å². The number of hydrogen-bond donors (Lipinski definition) is 1. The fraction of sp³-hybridized carbons (Fsp3) is 0.200. The summed E-state index contributed by atoms with van der Waals surface area (Å²) in [4.78, 5) is 27.3. The van der Waals surface area contributed by atoms with Crippen molar-refractivity contribution in [2.24, 2.45) is 0 Å². The highest BCUT2D eigenvalue weighted by Crippen LogP contribution is 2.25. The number of benzene rings is 3. The molecule has 0 spiro atoms. The number of likely N-dealkylation sites (tertiary alicyclic amines) is 1. The normalized spacial score (nSPS) is 17.1. The molecule has 158 valence electrons. The predicted octanol–water partition coefficient (Wildman–Crippen LogP) is 4.26. The summed E-state index contributed by atoms with van der Waals surface area (Å²) in [7, 11) is 0. The minimum Gasteiger partial charge on any atom is -0.484 e. The van der Waals surface area contributed by atoms with Gasteiger partial charge < -0.3 is 15.0 Å². The first-order chi connectivity index (χ1) is 15.2. The maximum atomic E-state index is 13.0. The Bertz CT molecular complexity index is 1110. The molecule has 1 N–H and O–H groups in total. The number of nitrogens with zero attached hydrogens (tertiary/aromatic N) is 1. The summed E-state index contributed by atoms with van der Waals surface area (Å²) >= 11 is 5.90. The van der Waals surface area contributed by atoms with Gasteiger partial charge in [-0.2, -0.15) is 0 Å². The lowest BCUT2D eigenvalue weighted by molar-refractivity contribution is -0.139. The quantitative estimate of drug-likeness (QED) is 0.630. The summed E-state index contributed by atoms with van der Waals surface area (Å²) < 4.78 is 5.58. The van der Waals surface area contributed by atoms with Gasteiger partial charge in [-0.25, -0.2) is 0 Å². The fourth-order valence-electron chi connectivity index (χ4n) is 3.82. The smallest absolute Gasteiger partial charge is 0.261 e. The molecule has 1 aliphatic rings. The Kier molecular flexibility index (Phi) is 6.53. The lowest BCUT2D eigenvalue weighted by Gasteiger charge is -2.23. The third-order valence-electron chi connectivity index (χ3n) is 5.42. The second-order valence-corrected chi connectivity index (χ2v) is 7.68. The van der Waals surface area contributed by atoms with E-state index in [9.17, 15) is 9.59 Å². The lowest BCUT2D eigenvalue weighted by atomic mass is 10.0. The topological polar surface area (TPSA) is 58.6 Å². The standard InChI is InChI=1S/C25H23ClN2O3/c26-14-18-13-23(28(16-18)24(29)17-31-21-10-2-1-3-11-21)25(30)27-15-20-9-6-8-19-7-4-5-12-22(19)20/h1-12,14,23H,13,15-17H2,(H,27,30)/b18-14+/t23-/m0/s1. The predicted molar refractivity (Wildman–Crippen MR) is 122 cm³/mol. The van der Waals surface area contributed by atoms with E-state index >= 15 is 0 Å². The minimum atomic E-state index is -0.605. The van der Waals surface area contributed by atoms with Crippen molar-refractivity contribution in [3.05, 3.63) is 89.5 Å². The van der Waals surface area contributed by atoms with Crippen LogP contribution in [0.5, 0.6) is 5.75 Å². The maximum absolute atomic E-state index is 13.0. The highest BCUT2D eigenvalue weighted by atomic mass is 35.5. The van der Waals surface area contributed by atoms with E-state index in [2.05, 4.69) is 5.32 Å². The molecule has 4 rings (SSSR count). The van der Waals surface area contributed by atoms with Crippen molar-refractivity contribution < 1.29 is 14.3 Å². The second kappa shape index (κ2) is 9.67. The molecule has 0 saturated carbocycles. The van der Waals surface area contributed by atoms with Crippen molar-refractivity contribution in [3.63, 3.8) is 0 Å². The molecule has 1 heterocycles. The minimum absolute atomic E-state index is 0.132. The number of para-hydroxylation sites is 1. The Morgan fingerprint density at radius 3 is 2.58 bits per heavy atom. The number of nitrogens with one attached hydrogen (secondary N) is 1. The molecule has 1 fully saturated rings. The van der Waals surface area contributed by atoms with E-state index in [0.717, 1.165) is 21.9 Å². The van der Waals surface area contributed by atoms with Crippen molar-refractivity contribution in [2.45, 2.75) is 19.0 Å². The molecule has 3 aromatic rings. The largest absolute Gasteiger partial charge is 0.484 e. The molecule has 5 nitrogen and oxygen atoms in total. The number of hydrogen-bond acceptors (Lipinski definition) is 3. The molecule has 1 atom stereocenters. The van der Waals surface area contributed by atoms with E-state index in [1.165, 1.54) is 10.4 Å². The van der Waals surface area contributed by atoms with E-state index in [4.69, 9.17) is 16.3 Å². The lowest BCUT2D eigenvalue weighted by Crippen LogP contribution is -2.47. The van der Waals surface area contributed by atoms with Crippen LogP contribution in [-0.4, -0.2) is 35.9 Å². The van der Waals surface area contributed by atoms with Crippen LogP contribution in [0.2, 0.25) is 0 Å². The van der Waals surface area contributed by atoms with Crippen molar-refractivity contribution in [3.8, 4) is 5.75 Å². The van der Waals surface area contributed by atoms with Gasteiger partial charge >= 0.3 is 0 Å². The average Bonchev–Trinajstić information content (AvgIpc) is 3.26. The van der Waals surface area contributed by atoms with Gasteiger partial charge in [0.25, 0.3) is 5.91 Å². The SMILES string of the molecule is O=C(NCc1cccc2ccccc12)[C@@H]1C/C(=C\Cl)CN1C(=O)COc1ccccc1. The molecule has 0 aromatic heterocycles. The van der Waals surface area contributed by atoms with Crippen LogP contribution in [0.4, 0.5) is 0 Å². The van der Waals surface area contributed by atoms with E-state index < -0.39 is 6.04 Å². The summed E-state index contributed by atoms with van der Waals surface area (Å²) in [6.07, 6.45) is 0.419. The highest BCUT2D eigenvalue weighted by molar-refractivity contribution is 6.25. The molecule has 0 unspecified atom stereocenters. The number of carbonyl (C=O) groups excluding carboxylic acids is 2. The number of fused-ring (bicyclic) bond motifs is 1. The zero-order valence-electron chi connectivity index (χ0n) is 17.0. The third-order valence-corrected chi connectivity index (χ3v) is 5.73. The molecule has 1 saturated heterocycles. The molecule has 6 heteroatoms. The van der Waals surface area contributed by atoms with Crippen molar-refractivity contribution in [2.75, 3.05) is 13.2 Å². The highest BCUT2D eigenvalue weighted by Gasteiger charge is 2.36. The van der Waals surface area contributed by atoms with Gasteiger partial charge in [-0.3, -0.25) is 9.59 Å². The first-order valence-electron chi connectivity index (χ1n) is 10.2. The van der Waals surface area contributed by atoms with Gasteiger partial charge in [0.1, 0.15) is 11.8 Å². The van der Waals surface area contributed by atoms with Crippen LogP contribution in [0, 0.1) is 0 Å². The number of carbonyl (C=O) groups is 2. The third kappa shape index (κ3) is 4.89. The number of amides is 2. The summed E-state index contributed by atoms with van der Waals surface area (Å²) in [5, 5.41) is 5.21. The van der Waals surface area contributed by atoms with Crippen LogP contribution in [0.25, 0.3) is 10.8 Å². The Morgan fingerprint density at radius 1 is 1.03 bits per heavy atom. The summed E-state index contributed by atoms with van der Waals surface area (Å²) in [6.45, 7) is 0.582. The number of ether oxygens (including phenoxy) is 1. The summed E-state index contributed by atoms with van der Waals surface area (Å²) in [5.41, 5.74) is 3.33. The Morgan fingerprint density at radius 2 is 1.77 bits per heavy atom. The van der Waals surface area contributed by atoms with Crippen LogP contribution in [0.15, 0.2) is 83.9 Å². The zero-order valence-corrected chi connectivity index (χ0v) is 17.7. The molecule has 2 amide bonds. The Balaban J connectivity index is 1.43. The average molecular weight is 435 g/mol. The van der Waals surface area contributed by atoms with Gasteiger partial charge in [-0.05, 0) is 34.0 Å². The first-order valence-corrected chi connectivity index (χ1v) is 10.6. The second-order valence-electron chi connectivity index (χ2n) is 7.47. The monoisotopic (exact) mass is 434 g/mol. The number of halogens is 1. The number of rotatable bonds is 6. The van der Waals surface area contributed by atoms with Crippen LogP contribution >= 0.6 is 11.6 Å². The van der Waals surface area contributed by atoms with Gasteiger partial charge in [0.15, 0.2) is 6.61 Å². The van der Waals surface area contributed by atoms with Gasteiger partial charge in [-0.15, -0.1) is 0 Å². The van der Waals surface area contributed by atoms with Crippen molar-refractivity contribution in [1.29, 1.82) is 0 Å². The summed E-state index contributed by atoms with van der Waals surface area (Å²) in [5.74, 6) is 0.164. The van der Waals surface area contributed by atoms with Gasteiger partial charge in [-0.1, -0.05) is 72.3 Å². The van der Waals surface area contributed by atoms with Crippen LogP contribution < -0.4 is 10.1 Å². The van der Waals surface area contributed by atoms with Crippen molar-refractivity contribution in [1.82, 2.24) is 10.2 Å². The Hall–Kier alpha value is -3.31. The van der Waals surface area contributed by atoms with Gasteiger partial charge in [0.2, 0.25) is 5.91 Å². The molecule has 0 radical (unpaired) electrons. The fourth-order valence-corrected chi connectivity index (χ4v) is 3.98. The van der Waals surface area contributed by atoms with Gasteiger partial charge in [0.05, 0.1) is 0 Å². The van der Waals surface area contributed by atoms with Crippen LogP contribution in [0.1, 0.15) is 12.0 Å². The van der Waals surface area contributed by atoms with E-state index in [1.54, 1.807) is 12.1 Å². The first kappa shape index (κ1) is 20.9. The maximum Gasteiger partial charge on any atom is 0.261 e. The molecular weight excluding hydrogens is 412 g/mol. The van der Waals surface area contributed by atoms with E-state index in [1.807, 2.05) is 60.7 Å². The molecule has 31 heavy (non-hydrogen) atoms. The van der Waals surface area contributed by atoms with Crippen LogP contribution in [-0.2, 0) is 16.1 Å². The molecule has 0 bridgehead atoms. The van der Waals surface area contributed by atoms with E-state index in [0.29, 0.717) is 25.3 Å². The Labute approximate surface area is 186 Å².